The number of carbonyl (C=O) groups is 1. The molecule has 1 fully saturated rings. The molecule has 1 aromatic carbocycles. The minimum Gasteiger partial charge on any atom is -0.341 e. The highest BCUT2D eigenvalue weighted by Crippen LogP contribution is 2.22. The van der Waals surface area contributed by atoms with Crippen LogP contribution in [0.1, 0.15) is 56.0 Å². The van der Waals surface area contributed by atoms with E-state index in [0.717, 1.165) is 19.0 Å². The van der Waals surface area contributed by atoms with E-state index in [1.54, 1.807) is 12.4 Å². The van der Waals surface area contributed by atoms with Gasteiger partial charge in [0.15, 0.2) is 0 Å². The van der Waals surface area contributed by atoms with Crippen LogP contribution in [-0.2, 0) is 5.41 Å². The summed E-state index contributed by atoms with van der Waals surface area (Å²) in [7, 11) is 0. The van der Waals surface area contributed by atoms with Gasteiger partial charge in [0.25, 0.3) is 5.91 Å². The zero-order valence-corrected chi connectivity index (χ0v) is 15.2. The highest BCUT2D eigenvalue weighted by Gasteiger charge is 2.15. The van der Waals surface area contributed by atoms with Crippen molar-refractivity contribution >= 4 is 17.5 Å². The van der Waals surface area contributed by atoms with Gasteiger partial charge in [-0.25, -0.2) is 9.97 Å². The lowest BCUT2D eigenvalue weighted by atomic mass is 9.87. The summed E-state index contributed by atoms with van der Waals surface area (Å²) in [5.74, 6) is 0.599. The summed E-state index contributed by atoms with van der Waals surface area (Å²) in [6.45, 7) is 8.48. The first-order valence-corrected chi connectivity index (χ1v) is 8.92. The van der Waals surface area contributed by atoms with Crippen LogP contribution >= 0.6 is 0 Å². The molecule has 5 nitrogen and oxygen atoms in total. The van der Waals surface area contributed by atoms with Gasteiger partial charge in [-0.15, -0.1) is 0 Å². The fraction of sp³-hybridized carbons (Fsp3) is 0.450. The molecule has 5 heteroatoms. The molecule has 1 saturated heterocycles. The largest absolute Gasteiger partial charge is 0.341 e. The number of hydrogen-bond acceptors (Lipinski definition) is 4. The van der Waals surface area contributed by atoms with E-state index < -0.39 is 0 Å². The molecule has 0 radical (unpaired) electrons. The second-order valence-corrected chi connectivity index (χ2v) is 7.60. The van der Waals surface area contributed by atoms with Gasteiger partial charge in [-0.3, -0.25) is 4.79 Å². The Morgan fingerprint density at radius 1 is 1.00 bits per heavy atom. The molecule has 0 bridgehead atoms. The van der Waals surface area contributed by atoms with Crippen LogP contribution in [0.2, 0.25) is 0 Å². The summed E-state index contributed by atoms with van der Waals surface area (Å²) in [6, 6.07) is 7.73. The van der Waals surface area contributed by atoms with Gasteiger partial charge in [0, 0.05) is 18.7 Å². The first-order valence-electron chi connectivity index (χ1n) is 8.92. The van der Waals surface area contributed by atoms with Crippen molar-refractivity contribution < 1.29 is 4.79 Å². The third-order valence-corrected chi connectivity index (χ3v) is 4.55. The van der Waals surface area contributed by atoms with Crippen molar-refractivity contribution in [3.8, 4) is 0 Å². The Kier molecular flexibility index (Phi) is 5.02. The minimum atomic E-state index is -0.144. The van der Waals surface area contributed by atoms with Crippen LogP contribution < -0.4 is 10.2 Å². The van der Waals surface area contributed by atoms with E-state index in [1.165, 1.54) is 24.8 Å². The second-order valence-electron chi connectivity index (χ2n) is 7.60. The molecule has 3 rings (SSSR count). The van der Waals surface area contributed by atoms with E-state index >= 15 is 0 Å². The molecule has 0 unspecified atom stereocenters. The van der Waals surface area contributed by atoms with E-state index in [9.17, 15) is 4.79 Å². The monoisotopic (exact) mass is 338 g/mol. The van der Waals surface area contributed by atoms with Crippen molar-refractivity contribution in [2.75, 3.05) is 23.3 Å². The molecule has 2 aromatic rings. The minimum absolute atomic E-state index is 0.0765. The average Bonchev–Trinajstić information content (AvgIpc) is 2.62. The summed E-state index contributed by atoms with van der Waals surface area (Å²) in [4.78, 5) is 23.4. The Hall–Kier alpha value is -2.43. The zero-order valence-electron chi connectivity index (χ0n) is 15.2. The van der Waals surface area contributed by atoms with Crippen LogP contribution in [0.5, 0.6) is 0 Å². The fourth-order valence-corrected chi connectivity index (χ4v) is 2.97. The summed E-state index contributed by atoms with van der Waals surface area (Å²) >= 11 is 0. The third-order valence-electron chi connectivity index (χ3n) is 4.55. The number of anilines is 2. The number of aromatic nitrogens is 2. The van der Waals surface area contributed by atoms with Crippen LogP contribution in [-0.4, -0.2) is 29.0 Å². The molecule has 1 N–H and O–H groups in total. The van der Waals surface area contributed by atoms with E-state index in [-0.39, 0.29) is 11.3 Å². The number of benzene rings is 1. The molecule has 0 saturated carbocycles. The topological polar surface area (TPSA) is 58.1 Å². The standard InChI is InChI=1S/C20H26N4O/c1-20(2,3)16-9-7-15(8-10-16)18(25)23-17-13-21-19(22-14-17)24-11-5-4-6-12-24/h7-10,13-14H,4-6,11-12H2,1-3H3,(H,23,25). The smallest absolute Gasteiger partial charge is 0.255 e. The van der Waals surface area contributed by atoms with Crippen LogP contribution in [0.25, 0.3) is 0 Å². The molecule has 25 heavy (non-hydrogen) atoms. The van der Waals surface area contributed by atoms with Gasteiger partial charge < -0.3 is 10.2 Å². The predicted octanol–water partition coefficient (Wildman–Crippen LogP) is 4.02. The van der Waals surface area contributed by atoms with Crippen molar-refractivity contribution in [1.82, 2.24) is 9.97 Å². The molecule has 1 aliphatic rings. The molecule has 0 spiro atoms. The number of amides is 1. The van der Waals surface area contributed by atoms with E-state index in [4.69, 9.17) is 0 Å². The lowest BCUT2D eigenvalue weighted by Crippen LogP contribution is -2.30. The van der Waals surface area contributed by atoms with Gasteiger partial charge in [-0.05, 0) is 42.4 Å². The molecule has 1 aromatic heterocycles. The number of hydrogen-bond donors (Lipinski definition) is 1. The number of nitrogens with one attached hydrogen (secondary N) is 1. The van der Waals surface area contributed by atoms with Crippen molar-refractivity contribution in [2.45, 2.75) is 45.4 Å². The fourth-order valence-electron chi connectivity index (χ4n) is 2.97. The Morgan fingerprint density at radius 2 is 1.60 bits per heavy atom. The lowest BCUT2D eigenvalue weighted by Gasteiger charge is -2.26. The van der Waals surface area contributed by atoms with Crippen molar-refractivity contribution in [3.05, 3.63) is 47.8 Å². The SMILES string of the molecule is CC(C)(C)c1ccc(C(=O)Nc2cnc(N3CCCCC3)nc2)cc1. The van der Waals surface area contributed by atoms with Crippen molar-refractivity contribution in [2.24, 2.45) is 0 Å². The van der Waals surface area contributed by atoms with Crippen LogP contribution in [0.15, 0.2) is 36.7 Å². The summed E-state index contributed by atoms with van der Waals surface area (Å²) < 4.78 is 0. The first-order chi connectivity index (χ1) is 11.9. The Morgan fingerprint density at radius 3 is 2.16 bits per heavy atom. The molecule has 0 atom stereocenters. The highest BCUT2D eigenvalue weighted by atomic mass is 16.1. The van der Waals surface area contributed by atoms with Gasteiger partial charge >= 0.3 is 0 Å². The maximum atomic E-state index is 12.4. The number of carbonyl (C=O) groups excluding carboxylic acids is 1. The number of piperidine rings is 1. The van der Waals surface area contributed by atoms with Crippen LogP contribution in [0, 0.1) is 0 Å². The zero-order chi connectivity index (χ0) is 17.9. The van der Waals surface area contributed by atoms with Crippen molar-refractivity contribution in [1.29, 1.82) is 0 Å². The molecule has 132 valence electrons. The first kappa shape index (κ1) is 17.4. The van der Waals surface area contributed by atoms with Gasteiger partial charge in [0.05, 0.1) is 18.1 Å². The summed E-state index contributed by atoms with van der Waals surface area (Å²) in [5, 5.41) is 2.86. The Labute approximate surface area is 149 Å². The molecular formula is C20H26N4O. The van der Waals surface area contributed by atoms with Gasteiger partial charge in [0.2, 0.25) is 5.95 Å². The summed E-state index contributed by atoms with van der Waals surface area (Å²) in [6.07, 6.45) is 7.01. The Balaban J connectivity index is 1.64. The van der Waals surface area contributed by atoms with Crippen LogP contribution in [0.3, 0.4) is 0 Å². The van der Waals surface area contributed by atoms with Gasteiger partial charge in [-0.2, -0.15) is 0 Å². The van der Waals surface area contributed by atoms with Gasteiger partial charge in [-0.1, -0.05) is 32.9 Å². The maximum absolute atomic E-state index is 12.4. The normalized spacial score (nSPS) is 15.1. The summed E-state index contributed by atoms with van der Waals surface area (Å²) in [5.41, 5.74) is 2.53. The van der Waals surface area contributed by atoms with E-state index in [0.29, 0.717) is 11.3 Å². The molecule has 0 aliphatic carbocycles. The maximum Gasteiger partial charge on any atom is 0.255 e. The van der Waals surface area contributed by atoms with Gasteiger partial charge in [0.1, 0.15) is 0 Å². The third kappa shape index (κ3) is 4.35. The van der Waals surface area contributed by atoms with Crippen LogP contribution in [0.4, 0.5) is 11.6 Å². The predicted molar refractivity (Wildman–Crippen MR) is 101 cm³/mol. The molecule has 2 heterocycles. The average molecular weight is 338 g/mol. The number of rotatable bonds is 3. The molecule has 1 aliphatic heterocycles. The highest BCUT2D eigenvalue weighted by molar-refractivity contribution is 6.04. The van der Waals surface area contributed by atoms with E-state index in [1.807, 2.05) is 24.3 Å². The van der Waals surface area contributed by atoms with E-state index in [2.05, 4.69) is 41.0 Å². The number of nitrogens with zero attached hydrogens (tertiary/aromatic N) is 3. The van der Waals surface area contributed by atoms with Crippen molar-refractivity contribution in [3.63, 3.8) is 0 Å². The quantitative estimate of drug-likeness (QED) is 0.918. The lowest BCUT2D eigenvalue weighted by molar-refractivity contribution is 0.102. The molecular weight excluding hydrogens is 312 g/mol. The Bertz CT molecular complexity index is 711. The molecule has 1 amide bonds. The second kappa shape index (κ2) is 7.21.